The number of aromatic amines is 1. The second-order valence-electron chi connectivity index (χ2n) is 4.42. The monoisotopic (exact) mass is 255 g/mol. The van der Waals surface area contributed by atoms with Gasteiger partial charge in [0, 0.05) is 16.6 Å². The van der Waals surface area contributed by atoms with Crippen molar-refractivity contribution in [1.29, 1.82) is 0 Å². The van der Waals surface area contributed by atoms with Gasteiger partial charge in [0.15, 0.2) is 5.82 Å². The van der Waals surface area contributed by atoms with Crippen molar-refractivity contribution in [2.45, 2.75) is 13.8 Å². The topological polar surface area (TPSA) is 70.9 Å². The molecule has 2 aromatic heterocycles. The number of nitrogens with zero attached hydrogens (tertiary/aromatic N) is 1. The summed E-state index contributed by atoms with van der Waals surface area (Å²) in [5, 5.41) is 10.5. The summed E-state index contributed by atoms with van der Waals surface area (Å²) in [6.07, 6.45) is 1.47. The molecule has 0 aliphatic carbocycles. The van der Waals surface area contributed by atoms with Crippen molar-refractivity contribution in [3.05, 3.63) is 47.3 Å². The molecule has 0 saturated heterocycles. The Labute approximate surface area is 109 Å². The normalized spacial score (nSPS) is 10.8. The maximum absolute atomic E-state index is 12.2. The first-order valence-electron chi connectivity index (χ1n) is 5.96. The van der Waals surface area contributed by atoms with E-state index in [2.05, 4.69) is 15.5 Å². The van der Waals surface area contributed by atoms with Crippen LogP contribution in [0.5, 0.6) is 0 Å². The summed E-state index contributed by atoms with van der Waals surface area (Å²) in [6, 6.07) is 7.43. The van der Waals surface area contributed by atoms with Crippen LogP contribution in [0.4, 0.5) is 5.82 Å². The molecule has 0 unspecified atom stereocenters. The van der Waals surface area contributed by atoms with Crippen LogP contribution in [0.15, 0.2) is 34.9 Å². The van der Waals surface area contributed by atoms with Gasteiger partial charge >= 0.3 is 0 Å². The number of fused-ring (bicyclic) bond motifs is 1. The number of hydrogen-bond donors (Lipinski definition) is 2. The Bertz CT molecular complexity index is 755. The maximum Gasteiger partial charge on any atom is 0.260 e. The van der Waals surface area contributed by atoms with Gasteiger partial charge in [-0.25, -0.2) is 0 Å². The minimum absolute atomic E-state index is 0.223. The van der Waals surface area contributed by atoms with E-state index in [9.17, 15) is 4.79 Å². The molecule has 0 aliphatic heterocycles. The molecule has 5 nitrogen and oxygen atoms in total. The van der Waals surface area contributed by atoms with E-state index < -0.39 is 0 Å². The minimum Gasteiger partial charge on any atom is -0.463 e. The van der Waals surface area contributed by atoms with Crippen LogP contribution in [0.1, 0.15) is 21.6 Å². The molecule has 0 atom stereocenters. The lowest BCUT2D eigenvalue weighted by Gasteiger charge is -2.01. The highest BCUT2D eigenvalue weighted by Crippen LogP contribution is 2.22. The lowest BCUT2D eigenvalue weighted by Crippen LogP contribution is -2.12. The minimum atomic E-state index is -0.223. The number of carbonyl (C=O) groups is 1. The smallest absolute Gasteiger partial charge is 0.260 e. The number of amides is 1. The molecule has 0 aliphatic rings. The number of hydrogen-bond acceptors (Lipinski definition) is 3. The lowest BCUT2D eigenvalue weighted by molar-refractivity contribution is 0.102. The highest BCUT2D eigenvalue weighted by Gasteiger charge is 2.15. The van der Waals surface area contributed by atoms with Crippen molar-refractivity contribution in [3.8, 4) is 0 Å². The zero-order chi connectivity index (χ0) is 13.4. The van der Waals surface area contributed by atoms with Crippen molar-refractivity contribution < 1.29 is 9.21 Å². The average molecular weight is 255 g/mol. The van der Waals surface area contributed by atoms with Gasteiger partial charge < -0.3 is 9.73 Å². The Morgan fingerprint density at radius 1 is 1.32 bits per heavy atom. The van der Waals surface area contributed by atoms with Gasteiger partial charge in [-0.1, -0.05) is 18.2 Å². The standard InChI is InChI=1S/C14H13N3O2/c1-8-9(2)16-17-13(8)15-14(18)11-7-19-12-6-4-3-5-10(11)12/h3-7H,1-2H3,(H2,15,16,17,18). The number of benzene rings is 1. The van der Waals surface area contributed by atoms with Gasteiger partial charge in [-0.15, -0.1) is 0 Å². The SMILES string of the molecule is Cc1[nH]nc(NC(=O)c2coc3ccccc23)c1C. The van der Waals surface area contributed by atoms with Crippen LogP contribution in [-0.4, -0.2) is 16.1 Å². The molecule has 0 fully saturated rings. The first kappa shape index (κ1) is 11.5. The molecule has 2 heterocycles. The second-order valence-corrected chi connectivity index (χ2v) is 4.42. The fourth-order valence-electron chi connectivity index (χ4n) is 1.94. The summed E-state index contributed by atoms with van der Waals surface area (Å²) in [5.74, 6) is 0.326. The van der Waals surface area contributed by atoms with E-state index in [1.807, 2.05) is 38.1 Å². The Morgan fingerprint density at radius 3 is 2.84 bits per heavy atom. The molecule has 3 aromatic rings. The molecule has 0 radical (unpaired) electrons. The van der Waals surface area contributed by atoms with E-state index in [1.54, 1.807) is 0 Å². The van der Waals surface area contributed by atoms with Crippen LogP contribution in [0.2, 0.25) is 0 Å². The van der Waals surface area contributed by atoms with Gasteiger partial charge in [-0.2, -0.15) is 5.10 Å². The number of H-pyrrole nitrogens is 1. The Kier molecular flexibility index (Phi) is 2.59. The van der Waals surface area contributed by atoms with Crippen molar-refractivity contribution in [1.82, 2.24) is 10.2 Å². The second kappa shape index (κ2) is 4.28. The molecule has 3 rings (SSSR count). The molecule has 2 N–H and O–H groups in total. The van der Waals surface area contributed by atoms with Gasteiger partial charge in [0.25, 0.3) is 5.91 Å². The van der Waals surface area contributed by atoms with Gasteiger partial charge in [0.05, 0.1) is 5.56 Å². The number of para-hydroxylation sites is 1. The van der Waals surface area contributed by atoms with E-state index in [0.29, 0.717) is 17.0 Å². The van der Waals surface area contributed by atoms with E-state index >= 15 is 0 Å². The van der Waals surface area contributed by atoms with Crippen LogP contribution < -0.4 is 5.32 Å². The first-order chi connectivity index (χ1) is 9.16. The number of carbonyl (C=O) groups excluding carboxylic acids is 1. The van der Waals surface area contributed by atoms with Crippen LogP contribution in [0.25, 0.3) is 11.0 Å². The third-order valence-corrected chi connectivity index (χ3v) is 3.21. The van der Waals surface area contributed by atoms with Gasteiger partial charge in [0.2, 0.25) is 0 Å². The van der Waals surface area contributed by atoms with Crippen LogP contribution in [-0.2, 0) is 0 Å². The molecule has 0 spiro atoms. The average Bonchev–Trinajstić information content (AvgIpc) is 2.97. The van der Waals surface area contributed by atoms with Crippen molar-refractivity contribution in [2.24, 2.45) is 0 Å². The molecule has 0 saturated carbocycles. The predicted octanol–water partition coefficient (Wildman–Crippen LogP) is 3.03. The summed E-state index contributed by atoms with van der Waals surface area (Å²) >= 11 is 0. The van der Waals surface area contributed by atoms with Crippen molar-refractivity contribution in [3.63, 3.8) is 0 Å². The van der Waals surface area contributed by atoms with Crippen LogP contribution in [0, 0.1) is 13.8 Å². The number of anilines is 1. The van der Waals surface area contributed by atoms with Gasteiger partial charge in [0.1, 0.15) is 11.8 Å². The largest absolute Gasteiger partial charge is 0.463 e. The Morgan fingerprint density at radius 2 is 2.11 bits per heavy atom. The highest BCUT2D eigenvalue weighted by molar-refractivity contribution is 6.12. The molecular formula is C14H13N3O2. The third-order valence-electron chi connectivity index (χ3n) is 3.21. The van der Waals surface area contributed by atoms with Crippen LogP contribution >= 0.6 is 0 Å². The number of aryl methyl sites for hydroxylation is 1. The predicted molar refractivity (Wildman–Crippen MR) is 72.2 cm³/mol. The molecule has 1 amide bonds. The molecular weight excluding hydrogens is 242 g/mol. The van der Waals surface area contributed by atoms with Crippen molar-refractivity contribution in [2.75, 3.05) is 5.32 Å². The highest BCUT2D eigenvalue weighted by atomic mass is 16.3. The first-order valence-corrected chi connectivity index (χ1v) is 5.96. The molecule has 96 valence electrons. The summed E-state index contributed by atoms with van der Waals surface area (Å²) < 4.78 is 5.35. The molecule has 19 heavy (non-hydrogen) atoms. The quantitative estimate of drug-likeness (QED) is 0.739. The molecule has 1 aromatic carbocycles. The fourth-order valence-corrected chi connectivity index (χ4v) is 1.94. The lowest BCUT2D eigenvalue weighted by atomic mass is 10.1. The van der Waals surface area contributed by atoms with Crippen LogP contribution in [0.3, 0.4) is 0 Å². The fraction of sp³-hybridized carbons (Fsp3) is 0.143. The molecule has 5 heteroatoms. The summed E-state index contributed by atoms with van der Waals surface area (Å²) in [5.41, 5.74) is 3.08. The summed E-state index contributed by atoms with van der Waals surface area (Å²) in [7, 11) is 0. The zero-order valence-corrected chi connectivity index (χ0v) is 10.7. The molecule has 0 bridgehead atoms. The van der Waals surface area contributed by atoms with E-state index in [0.717, 1.165) is 16.6 Å². The number of furan rings is 1. The number of nitrogens with one attached hydrogen (secondary N) is 2. The zero-order valence-electron chi connectivity index (χ0n) is 10.7. The van der Waals surface area contributed by atoms with E-state index in [-0.39, 0.29) is 5.91 Å². The number of aromatic nitrogens is 2. The number of rotatable bonds is 2. The maximum atomic E-state index is 12.2. The van der Waals surface area contributed by atoms with E-state index in [1.165, 1.54) is 6.26 Å². The summed E-state index contributed by atoms with van der Waals surface area (Å²) in [4.78, 5) is 12.2. The Balaban J connectivity index is 1.94. The third kappa shape index (κ3) is 1.89. The van der Waals surface area contributed by atoms with E-state index in [4.69, 9.17) is 4.42 Å². The van der Waals surface area contributed by atoms with Gasteiger partial charge in [-0.3, -0.25) is 9.89 Å². The summed E-state index contributed by atoms with van der Waals surface area (Å²) in [6.45, 7) is 3.81. The Hall–Kier alpha value is -2.56. The van der Waals surface area contributed by atoms with Crippen molar-refractivity contribution >= 4 is 22.7 Å². The van der Waals surface area contributed by atoms with Gasteiger partial charge in [-0.05, 0) is 19.9 Å².